The minimum atomic E-state index is -4.40. The van der Waals surface area contributed by atoms with E-state index in [4.69, 9.17) is 24.3 Å². The number of rotatable bonds is 52. The Bertz CT molecular complexity index is 1650. The molecule has 2 unspecified atom stereocenters. The van der Waals surface area contributed by atoms with Crippen LogP contribution in [0.1, 0.15) is 219 Å². The molecule has 2 atom stereocenters. The Hall–Kier alpha value is -3.85. The van der Waals surface area contributed by atoms with Crippen LogP contribution in [0, 0.1) is 0 Å². The largest absolute Gasteiger partial charge is 0.472 e. The van der Waals surface area contributed by atoms with E-state index >= 15 is 0 Å². The minimum Gasteiger partial charge on any atom is -0.462 e. The Labute approximate surface area is 446 Å². The van der Waals surface area contributed by atoms with Gasteiger partial charge in [-0.25, -0.2) is 4.57 Å². The van der Waals surface area contributed by atoms with Gasteiger partial charge in [0.1, 0.15) is 6.61 Å². The van der Waals surface area contributed by atoms with E-state index in [1.165, 1.54) is 51.4 Å². The first kappa shape index (κ1) is 69.2. The summed E-state index contributed by atoms with van der Waals surface area (Å²) >= 11 is 0. The molecule has 414 valence electrons. The molecule has 0 aromatic carbocycles. The van der Waals surface area contributed by atoms with Crippen LogP contribution in [0.3, 0.4) is 0 Å². The standard InChI is InChI=1S/C63H104NO8P/c1-3-5-7-9-11-13-15-17-19-20-21-22-23-24-25-26-27-28-29-30-31-32-33-34-35-36-37-38-39-40-42-44-46-48-50-52-54-56-63(66)72-61(60-71-73(67,68)70-58-57-64)59-69-62(65)55-53-51-49-47-45-43-41-18-16-14-12-10-8-6-4-2/h5-8,11-14,17-19,21-22,24-25,27-28,30-31,33-34,41,61H,3-4,9-10,15-16,20,23,26,29,32,35-40,42-60,64H2,1-2H3,(H,67,68)/b7-5-,8-6-,13-11-,14-12-,19-17-,22-21-,25-24-,28-27-,31-30-,34-33-,41-18-. The van der Waals surface area contributed by atoms with Crippen molar-refractivity contribution < 1.29 is 37.6 Å². The van der Waals surface area contributed by atoms with E-state index in [2.05, 4.69) is 148 Å². The molecule has 3 N–H and O–H groups in total. The van der Waals surface area contributed by atoms with Crippen LogP contribution in [0.25, 0.3) is 0 Å². The van der Waals surface area contributed by atoms with Gasteiger partial charge in [-0.2, -0.15) is 0 Å². The van der Waals surface area contributed by atoms with Gasteiger partial charge in [-0.3, -0.25) is 18.6 Å². The second-order valence-corrected chi connectivity index (χ2v) is 19.8. The molecule has 0 heterocycles. The van der Waals surface area contributed by atoms with Crippen molar-refractivity contribution in [3.05, 3.63) is 134 Å². The predicted molar refractivity (Wildman–Crippen MR) is 311 cm³/mol. The van der Waals surface area contributed by atoms with Crippen molar-refractivity contribution in [2.24, 2.45) is 5.73 Å². The third-order valence-corrected chi connectivity index (χ3v) is 12.5. The summed E-state index contributed by atoms with van der Waals surface area (Å²) in [6.45, 7) is 3.48. The summed E-state index contributed by atoms with van der Waals surface area (Å²) in [5.74, 6) is -0.858. The van der Waals surface area contributed by atoms with Crippen LogP contribution in [-0.2, 0) is 32.7 Å². The highest BCUT2D eigenvalue weighted by molar-refractivity contribution is 7.47. The van der Waals surface area contributed by atoms with Crippen LogP contribution in [0.2, 0.25) is 0 Å². The summed E-state index contributed by atoms with van der Waals surface area (Å²) < 4.78 is 32.9. The van der Waals surface area contributed by atoms with Gasteiger partial charge in [-0.05, 0) is 109 Å². The molecule has 0 aromatic rings. The normalized spacial score (nSPS) is 14.1. The van der Waals surface area contributed by atoms with Gasteiger partial charge < -0.3 is 20.1 Å². The molecular weight excluding hydrogens is 930 g/mol. The van der Waals surface area contributed by atoms with Crippen LogP contribution < -0.4 is 5.73 Å². The fourth-order valence-electron chi connectivity index (χ4n) is 7.37. The van der Waals surface area contributed by atoms with Gasteiger partial charge in [0, 0.05) is 19.4 Å². The van der Waals surface area contributed by atoms with E-state index in [0.29, 0.717) is 12.8 Å². The van der Waals surface area contributed by atoms with E-state index in [-0.39, 0.29) is 32.6 Å². The van der Waals surface area contributed by atoms with Crippen molar-refractivity contribution in [2.75, 3.05) is 26.4 Å². The lowest BCUT2D eigenvalue weighted by atomic mass is 10.0. The summed E-state index contributed by atoms with van der Waals surface area (Å²) in [6.07, 6.45) is 80.8. The van der Waals surface area contributed by atoms with Crippen molar-refractivity contribution in [3.8, 4) is 0 Å². The summed E-state index contributed by atoms with van der Waals surface area (Å²) in [7, 11) is -4.40. The van der Waals surface area contributed by atoms with Gasteiger partial charge in [0.15, 0.2) is 6.10 Å². The first-order chi connectivity index (χ1) is 35.8. The monoisotopic (exact) mass is 1030 g/mol. The molecular formula is C63H104NO8P. The first-order valence-corrected chi connectivity index (χ1v) is 30.2. The van der Waals surface area contributed by atoms with Gasteiger partial charge in [-0.1, -0.05) is 231 Å². The molecule has 9 nitrogen and oxygen atoms in total. The molecule has 0 aliphatic carbocycles. The number of esters is 2. The van der Waals surface area contributed by atoms with Crippen LogP contribution in [0.5, 0.6) is 0 Å². The van der Waals surface area contributed by atoms with Crippen LogP contribution in [0.4, 0.5) is 0 Å². The number of allylic oxidation sites excluding steroid dienone is 22. The number of phosphoric ester groups is 1. The van der Waals surface area contributed by atoms with Crippen LogP contribution in [0.15, 0.2) is 134 Å². The molecule has 73 heavy (non-hydrogen) atoms. The lowest BCUT2D eigenvalue weighted by Gasteiger charge is -2.19. The number of ether oxygens (including phenoxy) is 2. The van der Waals surface area contributed by atoms with Crippen molar-refractivity contribution in [1.82, 2.24) is 0 Å². The average Bonchev–Trinajstić information content (AvgIpc) is 3.38. The Balaban J connectivity index is 3.96. The van der Waals surface area contributed by atoms with E-state index in [9.17, 15) is 19.0 Å². The molecule has 0 aromatic heterocycles. The first-order valence-electron chi connectivity index (χ1n) is 28.7. The van der Waals surface area contributed by atoms with Gasteiger partial charge >= 0.3 is 19.8 Å². The highest BCUT2D eigenvalue weighted by Gasteiger charge is 2.26. The van der Waals surface area contributed by atoms with E-state index in [0.717, 1.165) is 128 Å². The average molecular weight is 1030 g/mol. The fraction of sp³-hybridized carbons (Fsp3) is 0.619. The zero-order valence-electron chi connectivity index (χ0n) is 46.1. The minimum absolute atomic E-state index is 0.0444. The van der Waals surface area contributed by atoms with Crippen LogP contribution >= 0.6 is 7.82 Å². The number of carbonyl (C=O) groups excluding carboxylic acids is 2. The number of carbonyl (C=O) groups is 2. The highest BCUT2D eigenvalue weighted by atomic mass is 31.2. The third kappa shape index (κ3) is 57.3. The van der Waals surface area contributed by atoms with E-state index < -0.39 is 32.5 Å². The molecule has 0 saturated heterocycles. The quantitative estimate of drug-likeness (QED) is 0.0264. The molecule has 0 radical (unpaired) electrons. The molecule has 0 rings (SSSR count). The van der Waals surface area contributed by atoms with Crippen LogP contribution in [-0.4, -0.2) is 49.3 Å². The lowest BCUT2D eigenvalue weighted by molar-refractivity contribution is -0.161. The number of unbranched alkanes of at least 4 members (excludes halogenated alkanes) is 17. The van der Waals surface area contributed by atoms with Gasteiger partial charge in [0.05, 0.1) is 13.2 Å². The van der Waals surface area contributed by atoms with Crippen molar-refractivity contribution in [2.45, 2.75) is 225 Å². The van der Waals surface area contributed by atoms with Crippen molar-refractivity contribution in [1.29, 1.82) is 0 Å². The molecule has 0 aliphatic heterocycles. The maximum Gasteiger partial charge on any atom is 0.472 e. The second kappa shape index (κ2) is 57.4. The summed E-state index contributed by atoms with van der Waals surface area (Å²) in [5.41, 5.74) is 5.37. The Morgan fingerprint density at radius 1 is 0.411 bits per heavy atom. The summed E-state index contributed by atoms with van der Waals surface area (Å²) in [6, 6.07) is 0. The molecule has 0 amide bonds. The number of nitrogens with two attached hydrogens (primary N) is 1. The molecule has 0 bridgehead atoms. The van der Waals surface area contributed by atoms with Gasteiger partial charge in [0.2, 0.25) is 0 Å². The van der Waals surface area contributed by atoms with Crippen molar-refractivity contribution in [3.63, 3.8) is 0 Å². The topological polar surface area (TPSA) is 134 Å². The maximum absolute atomic E-state index is 12.7. The molecule has 0 spiro atoms. The predicted octanol–water partition coefficient (Wildman–Crippen LogP) is 18.2. The molecule has 0 aliphatic rings. The smallest absolute Gasteiger partial charge is 0.462 e. The molecule has 0 fully saturated rings. The Morgan fingerprint density at radius 2 is 0.712 bits per heavy atom. The SMILES string of the molecule is CC/C=C\C/C=C\C/C=C\C/C=C\C/C=C\C/C=C\C/C=C\C/C=C\CCCCCCCCCCCCCCC(=O)OC(COC(=O)CCCCCCC/C=C\C/C=C\C/C=C\CC)COP(=O)(O)OCCN. The number of hydrogen-bond acceptors (Lipinski definition) is 8. The summed E-state index contributed by atoms with van der Waals surface area (Å²) in [5, 5.41) is 0. The molecule has 0 saturated carbocycles. The Morgan fingerprint density at radius 3 is 1.05 bits per heavy atom. The summed E-state index contributed by atoms with van der Waals surface area (Å²) in [4.78, 5) is 35.1. The zero-order chi connectivity index (χ0) is 53.1. The zero-order valence-corrected chi connectivity index (χ0v) is 47.0. The fourth-order valence-corrected chi connectivity index (χ4v) is 8.14. The third-order valence-electron chi connectivity index (χ3n) is 11.5. The van der Waals surface area contributed by atoms with Gasteiger partial charge in [-0.15, -0.1) is 0 Å². The van der Waals surface area contributed by atoms with Crippen molar-refractivity contribution >= 4 is 19.8 Å². The maximum atomic E-state index is 12.7. The van der Waals surface area contributed by atoms with Gasteiger partial charge in [0.25, 0.3) is 0 Å². The number of hydrogen-bond donors (Lipinski definition) is 2. The van der Waals surface area contributed by atoms with E-state index in [1.54, 1.807) is 0 Å². The molecule has 10 heteroatoms. The highest BCUT2D eigenvalue weighted by Crippen LogP contribution is 2.43. The number of phosphoric acid groups is 1. The second-order valence-electron chi connectivity index (χ2n) is 18.4. The lowest BCUT2D eigenvalue weighted by Crippen LogP contribution is -2.29. The Kier molecular flexibility index (Phi) is 54.4. The van der Waals surface area contributed by atoms with E-state index in [1.807, 2.05) is 0 Å².